The summed E-state index contributed by atoms with van der Waals surface area (Å²) in [6, 6.07) is 0.532. The van der Waals surface area contributed by atoms with Crippen molar-refractivity contribution in [1.82, 2.24) is 25.4 Å². The monoisotopic (exact) mass is 411 g/mol. The van der Waals surface area contributed by atoms with Gasteiger partial charge in [-0.1, -0.05) is 12.8 Å². The normalized spacial score (nSPS) is 41.8. The molecule has 158 valence electrons. The number of hydrogen-bond donors (Lipinski definition) is 3. The molecule has 1 saturated carbocycles. The van der Waals surface area contributed by atoms with Crippen LogP contribution in [-0.2, 0) is 14.8 Å². The van der Waals surface area contributed by atoms with Gasteiger partial charge < -0.3 is 10.2 Å². The highest BCUT2D eigenvalue weighted by Gasteiger charge is 2.50. The number of hydrazine groups is 1. The van der Waals surface area contributed by atoms with E-state index in [1.807, 2.05) is 4.90 Å². The lowest BCUT2D eigenvalue weighted by atomic mass is 9.85. The van der Waals surface area contributed by atoms with Crippen molar-refractivity contribution in [3.05, 3.63) is 0 Å². The van der Waals surface area contributed by atoms with Crippen molar-refractivity contribution in [3.8, 4) is 0 Å². The van der Waals surface area contributed by atoms with Crippen LogP contribution in [0.4, 0.5) is 0 Å². The Hall–Kier alpha value is -0.740. The lowest BCUT2D eigenvalue weighted by Crippen LogP contribution is -2.55. The summed E-state index contributed by atoms with van der Waals surface area (Å²) in [6.07, 6.45) is 8.58. The van der Waals surface area contributed by atoms with Gasteiger partial charge in [-0.2, -0.15) is 0 Å². The predicted octanol–water partition coefficient (Wildman–Crippen LogP) is -0.0163. The van der Waals surface area contributed by atoms with E-state index in [0.717, 1.165) is 25.7 Å². The number of amides is 1. The van der Waals surface area contributed by atoms with Gasteiger partial charge in [0.05, 0.1) is 6.04 Å². The number of likely N-dealkylation sites (tertiary alicyclic amines) is 1. The fourth-order valence-corrected chi connectivity index (χ4v) is 8.12. The smallest absolute Gasteiger partial charge is 0.239 e. The standard InChI is InChI=1S/C19H33N5O3S/c25-19(17-11-13-5-1-2-6-15(13)20-17)23-10-7-16-14(12-23)18(22-21-16)28(26,27)24-8-3-4-9-24/h13-18,20-22H,1-12H2. The van der Waals surface area contributed by atoms with Crippen LogP contribution >= 0.6 is 0 Å². The van der Waals surface area contributed by atoms with Gasteiger partial charge in [0.2, 0.25) is 15.9 Å². The van der Waals surface area contributed by atoms with Gasteiger partial charge in [0.1, 0.15) is 5.37 Å². The molecule has 0 aromatic rings. The highest BCUT2D eigenvalue weighted by Crippen LogP contribution is 2.35. The lowest BCUT2D eigenvalue weighted by Gasteiger charge is -2.37. The van der Waals surface area contributed by atoms with Crippen molar-refractivity contribution < 1.29 is 13.2 Å². The zero-order chi connectivity index (χ0) is 19.3. The quantitative estimate of drug-likeness (QED) is 0.605. The van der Waals surface area contributed by atoms with Gasteiger partial charge in [0.25, 0.3) is 0 Å². The van der Waals surface area contributed by atoms with Crippen molar-refractivity contribution >= 4 is 15.9 Å². The van der Waals surface area contributed by atoms with Gasteiger partial charge >= 0.3 is 0 Å². The summed E-state index contributed by atoms with van der Waals surface area (Å²) in [4.78, 5) is 15.1. The van der Waals surface area contributed by atoms with Crippen LogP contribution in [0.25, 0.3) is 0 Å². The molecule has 4 aliphatic heterocycles. The second-order valence-electron chi connectivity index (χ2n) is 9.31. The minimum absolute atomic E-state index is 0.0828. The fraction of sp³-hybridized carbons (Fsp3) is 0.947. The van der Waals surface area contributed by atoms with Crippen molar-refractivity contribution in [2.75, 3.05) is 26.2 Å². The van der Waals surface area contributed by atoms with Crippen LogP contribution in [0.15, 0.2) is 0 Å². The minimum Gasteiger partial charge on any atom is -0.341 e. The Morgan fingerprint density at radius 1 is 0.893 bits per heavy atom. The highest BCUT2D eigenvalue weighted by atomic mass is 32.2. The molecule has 3 N–H and O–H groups in total. The second kappa shape index (κ2) is 7.50. The first-order valence-electron chi connectivity index (χ1n) is 11.1. The fourth-order valence-electron chi connectivity index (χ4n) is 6.09. The highest BCUT2D eigenvalue weighted by molar-refractivity contribution is 7.89. The Kier molecular flexibility index (Phi) is 5.15. The average Bonchev–Trinajstić information content (AvgIpc) is 3.45. The Balaban J connectivity index is 1.27. The first-order valence-corrected chi connectivity index (χ1v) is 12.6. The van der Waals surface area contributed by atoms with Gasteiger partial charge in [-0.05, 0) is 44.4 Å². The van der Waals surface area contributed by atoms with Crippen molar-refractivity contribution in [2.45, 2.75) is 74.9 Å². The summed E-state index contributed by atoms with van der Waals surface area (Å²) in [6.45, 7) is 2.47. The molecule has 8 nitrogen and oxygen atoms in total. The van der Waals surface area contributed by atoms with E-state index in [4.69, 9.17) is 0 Å². The third-order valence-electron chi connectivity index (χ3n) is 7.68. The maximum absolute atomic E-state index is 13.2. The van der Waals surface area contributed by atoms with Gasteiger partial charge in [-0.3, -0.25) is 10.2 Å². The summed E-state index contributed by atoms with van der Waals surface area (Å²) < 4.78 is 27.8. The molecule has 4 heterocycles. The zero-order valence-corrected chi connectivity index (χ0v) is 17.3. The van der Waals surface area contributed by atoms with E-state index in [0.29, 0.717) is 38.1 Å². The maximum atomic E-state index is 13.2. The number of sulfonamides is 1. The minimum atomic E-state index is -3.39. The Morgan fingerprint density at radius 3 is 2.46 bits per heavy atom. The van der Waals surface area contributed by atoms with Gasteiger partial charge in [-0.15, -0.1) is 0 Å². The van der Waals surface area contributed by atoms with E-state index in [1.165, 1.54) is 25.7 Å². The first-order chi connectivity index (χ1) is 13.5. The van der Waals surface area contributed by atoms with Crippen LogP contribution in [0.5, 0.6) is 0 Å². The van der Waals surface area contributed by atoms with Crippen molar-refractivity contribution in [3.63, 3.8) is 0 Å². The van der Waals surface area contributed by atoms with Gasteiger partial charge in [0, 0.05) is 44.2 Å². The molecule has 28 heavy (non-hydrogen) atoms. The number of hydrogen-bond acceptors (Lipinski definition) is 6. The van der Waals surface area contributed by atoms with Crippen LogP contribution in [0.2, 0.25) is 0 Å². The van der Waals surface area contributed by atoms with Crippen molar-refractivity contribution in [2.24, 2.45) is 11.8 Å². The van der Waals surface area contributed by atoms with Crippen LogP contribution < -0.4 is 16.2 Å². The van der Waals surface area contributed by atoms with Gasteiger partial charge in [-0.25, -0.2) is 18.1 Å². The predicted molar refractivity (Wildman–Crippen MR) is 106 cm³/mol. The molecule has 5 rings (SSSR count). The molecule has 1 aliphatic carbocycles. The Morgan fingerprint density at radius 2 is 1.68 bits per heavy atom. The van der Waals surface area contributed by atoms with E-state index in [1.54, 1.807) is 4.31 Å². The molecule has 5 aliphatic rings. The zero-order valence-electron chi connectivity index (χ0n) is 16.5. The molecule has 0 spiro atoms. The van der Waals surface area contributed by atoms with Crippen LogP contribution in [0.1, 0.15) is 51.4 Å². The number of nitrogens with zero attached hydrogens (tertiary/aromatic N) is 2. The van der Waals surface area contributed by atoms with E-state index in [9.17, 15) is 13.2 Å². The Bertz CT molecular complexity index is 696. The summed E-state index contributed by atoms with van der Waals surface area (Å²) in [5.74, 6) is 0.724. The van der Waals surface area contributed by atoms with E-state index < -0.39 is 15.4 Å². The average molecular weight is 412 g/mol. The molecule has 9 heteroatoms. The molecule has 0 aromatic carbocycles. The largest absolute Gasteiger partial charge is 0.341 e. The molecule has 6 atom stereocenters. The number of rotatable bonds is 3. The van der Waals surface area contributed by atoms with E-state index in [2.05, 4.69) is 16.2 Å². The molecule has 1 amide bonds. The molecule has 5 fully saturated rings. The topological polar surface area (TPSA) is 93.8 Å². The van der Waals surface area contributed by atoms with E-state index in [-0.39, 0.29) is 23.9 Å². The summed E-state index contributed by atoms with van der Waals surface area (Å²) in [5, 5.41) is 2.95. The number of carbonyl (C=O) groups is 1. The number of nitrogens with one attached hydrogen (secondary N) is 3. The molecular weight excluding hydrogens is 378 g/mol. The number of carbonyl (C=O) groups excluding carboxylic acids is 1. The first kappa shape index (κ1) is 19.2. The third-order valence-corrected chi connectivity index (χ3v) is 9.87. The van der Waals surface area contributed by atoms with Crippen molar-refractivity contribution in [1.29, 1.82) is 0 Å². The number of fused-ring (bicyclic) bond motifs is 2. The summed E-state index contributed by atoms with van der Waals surface area (Å²) >= 11 is 0. The van der Waals surface area contributed by atoms with Crippen LogP contribution in [0.3, 0.4) is 0 Å². The molecule has 4 saturated heterocycles. The van der Waals surface area contributed by atoms with E-state index >= 15 is 0 Å². The summed E-state index contributed by atoms with van der Waals surface area (Å²) in [7, 11) is -3.39. The summed E-state index contributed by atoms with van der Waals surface area (Å²) in [5.41, 5.74) is 6.25. The SMILES string of the molecule is O=C(C1CC2CCCCC2N1)N1CCC2NNC(S(=O)(=O)N3CCCC3)C2C1. The van der Waals surface area contributed by atoms with Crippen LogP contribution in [-0.4, -0.2) is 73.2 Å². The maximum Gasteiger partial charge on any atom is 0.239 e. The van der Waals surface area contributed by atoms with Gasteiger partial charge in [0.15, 0.2) is 0 Å². The molecule has 0 aromatic heterocycles. The second-order valence-corrected chi connectivity index (χ2v) is 11.4. The van der Waals surface area contributed by atoms with Crippen LogP contribution in [0, 0.1) is 11.8 Å². The Labute approximate surface area is 167 Å². The lowest BCUT2D eigenvalue weighted by molar-refractivity contribution is -0.135. The number of piperidine rings is 1. The molecule has 6 unspecified atom stereocenters. The third kappa shape index (κ3) is 3.29. The molecule has 0 bridgehead atoms. The molecular formula is C19H33N5O3S. The molecule has 0 radical (unpaired) electrons.